The smallest absolute Gasteiger partial charge is 0.159 e. The van der Waals surface area contributed by atoms with Gasteiger partial charge in [-0.15, -0.1) is 0 Å². The Bertz CT molecular complexity index is 272. The SMILES string of the molecule is O=C(CO)CCNCc1ccccc1. The van der Waals surface area contributed by atoms with Crippen LogP contribution < -0.4 is 5.32 Å². The monoisotopic (exact) mass is 193 g/mol. The van der Waals surface area contributed by atoms with Gasteiger partial charge in [0.25, 0.3) is 0 Å². The van der Waals surface area contributed by atoms with E-state index < -0.39 is 0 Å². The molecule has 2 N–H and O–H groups in total. The van der Waals surface area contributed by atoms with E-state index in [-0.39, 0.29) is 12.4 Å². The number of aliphatic hydroxyl groups is 1. The van der Waals surface area contributed by atoms with Crippen molar-refractivity contribution in [2.45, 2.75) is 13.0 Å². The van der Waals surface area contributed by atoms with Gasteiger partial charge >= 0.3 is 0 Å². The predicted molar refractivity (Wildman–Crippen MR) is 54.9 cm³/mol. The highest BCUT2D eigenvalue weighted by atomic mass is 16.3. The van der Waals surface area contributed by atoms with Gasteiger partial charge in [0.2, 0.25) is 0 Å². The standard InChI is InChI=1S/C11H15NO2/c13-9-11(14)6-7-12-8-10-4-2-1-3-5-10/h1-5,12-13H,6-9H2. The molecule has 0 aliphatic rings. The lowest BCUT2D eigenvalue weighted by Crippen LogP contribution is -2.19. The van der Waals surface area contributed by atoms with Crippen LogP contribution in [0.1, 0.15) is 12.0 Å². The quantitative estimate of drug-likeness (QED) is 0.655. The molecule has 3 nitrogen and oxygen atoms in total. The number of ketones is 1. The van der Waals surface area contributed by atoms with Gasteiger partial charge in [-0.05, 0) is 5.56 Å². The van der Waals surface area contributed by atoms with E-state index in [1.165, 1.54) is 5.56 Å². The molecular formula is C11H15NO2. The summed E-state index contributed by atoms with van der Waals surface area (Å²) in [5.74, 6) is -0.120. The van der Waals surface area contributed by atoms with Crippen LogP contribution in [-0.4, -0.2) is 24.0 Å². The van der Waals surface area contributed by atoms with Gasteiger partial charge in [-0.1, -0.05) is 30.3 Å². The number of Topliss-reactive ketones (excluding diaryl/α,β-unsaturated/α-hetero) is 1. The highest BCUT2D eigenvalue weighted by Gasteiger charge is 1.97. The minimum Gasteiger partial charge on any atom is -0.389 e. The summed E-state index contributed by atoms with van der Waals surface area (Å²) in [4.78, 5) is 10.7. The van der Waals surface area contributed by atoms with Crippen molar-refractivity contribution < 1.29 is 9.90 Å². The van der Waals surface area contributed by atoms with Crippen molar-refractivity contribution in [3.63, 3.8) is 0 Å². The largest absolute Gasteiger partial charge is 0.389 e. The minimum absolute atomic E-state index is 0.120. The molecule has 1 rings (SSSR count). The van der Waals surface area contributed by atoms with E-state index in [0.29, 0.717) is 13.0 Å². The predicted octanol–water partition coefficient (Wildman–Crippen LogP) is 0.728. The van der Waals surface area contributed by atoms with E-state index in [2.05, 4.69) is 5.32 Å². The van der Waals surface area contributed by atoms with Crippen LogP contribution in [0.15, 0.2) is 30.3 Å². The van der Waals surface area contributed by atoms with E-state index in [4.69, 9.17) is 5.11 Å². The molecule has 76 valence electrons. The molecule has 0 spiro atoms. The Morgan fingerprint density at radius 1 is 1.29 bits per heavy atom. The van der Waals surface area contributed by atoms with E-state index in [1.54, 1.807) is 0 Å². The van der Waals surface area contributed by atoms with Crippen molar-refractivity contribution in [3.05, 3.63) is 35.9 Å². The van der Waals surface area contributed by atoms with Gasteiger partial charge in [0.05, 0.1) is 0 Å². The van der Waals surface area contributed by atoms with Gasteiger partial charge < -0.3 is 10.4 Å². The number of benzene rings is 1. The van der Waals surface area contributed by atoms with Crippen LogP contribution in [-0.2, 0) is 11.3 Å². The third-order valence-corrected chi connectivity index (χ3v) is 1.93. The fraction of sp³-hybridized carbons (Fsp3) is 0.364. The fourth-order valence-electron chi connectivity index (χ4n) is 1.14. The Morgan fingerprint density at radius 2 is 2.00 bits per heavy atom. The van der Waals surface area contributed by atoms with Crippen LogP contribution in [0.5, 0.6) is 0 Å². The maximum absolute atomic E-state index is 10.7. The molecule has 1 aromatic carbocycles. The second kappa shape index (κ2) is 6.29. The lowest BCUT2D eigenvalue weighted by Gasteiger charge is -2.03. The van der Waals surface area contributed by atoms with Gasteiger partial charge in [-0.2, -0.15) is 0 Å². The van der Waals surface area contributed by atoms with Gasteiger partial charge in [0.1, 0.15) is 6.61 Å². The van der Waals surface area contributed by atoms with Crippen molar-refractivity contribution in [1.29, 1.82) is 0 Å². The van der Waals surface area contributed by atoms with Gasteiger partial charge in [0.15, 0.2) is 5.78 Å². The van der Waals surface area contributed by atoms with Crippen LogP contribution in [0.3, 0.4) is 0 Å². The molecule has 0 aliphatic carbocycles. The summed E-state index contributed by atoms with van der Waals surface area (Å²) in [5.41, 5.74) is 1.20. The summed E-state index contributed by atoms with van der Waals surface area (Å²) >= 11 is 0. The van der Waals surface area contributed by atoms with E-state index in [0.717, 1.165) is 6.54 Å². The number of rotatable bonds is 6. The molecule has 0 unspecified atom stereocenters. The number of nitrogens with one attached hydrogen (secondary N) is 1. The van der Waals surface area contributed by atoms with Crippen molar-refractivity contribution in [2.24, 2.45) is 0 Å². The second-order valence-electron chi connectivity index (χ2n) is 3.11. The first-order valence-corrected chi connectivity index (χ1v) is 4.70. The first-order valence-electron chi connectivity index (χ1n) is 4.70. The van der Waals surface area contributed by atoms with Crippen molar-refractivity contribution >= 4 is 5.78 Å². The Morgan fingerprint density at radius 3 is 2.64 bits per heavy atom. The molecule has 0 heterocycles. The number of carbonyl (C=O) groups is 1. The lowest BCUT2D eigenvalue weighted by molar-refractivity contribution is -0.121. The summed E-state index contributed by atoms with van der Waals surface area (Å²) in [5, 5.41) is 11.6. The molecule has 0 fully saturated rings. The molecular weight excluding hydrogens is 178 g/mol. The van der Waals surface area contributed by atoms with Crippen LogP contribution in [0.4, 0.5) is 0 Å². The Kier molecular flexibility index (Phi) is 4.89. The summed E-state index contributed by atoms with van der Waals surface area (Å²) in [7, 11) is 0. The topological polar surface area (TPSA) is 49.3 Å². The number of hydrogen-bond acceptors (Lipinski definition) is 3. The average Bonchev–Trinajstić information content (AvgIpc) is 2.25. The Labute approximate surface area is 83.8 Å². The van der Waals surface area contributed by atoms with Crippen LogP contribution >= 0.6 is 0 Å². The van der Waals surface area contributed by atoms with Gasteiger partial charge in [0, 0.05) is 19.5 Å². The lowest BCUT2D eigenvalue weighted by atomic mass is 10.2. The summed E-state index contributed by atoms with van der Waals surface area (Å²) in [6.07, 6.45) is 0.392. The average molecular weight is 193 g/mol. The normalized spacial score (nSPS) is 10.1. The third-order valence-electron chi connectivity index (χ3n) is 1.93. The maximum atomic E-state index is 10.7. The van der Waals surface area contributed by atoms with Gasteiger partial charge in [-0.25, -0.2) is 0 Å². The van der Waals surface area contributed by atoms with Crippen LogP contribution in [0.2, 0.25) is 0 Å². The molecule has 14 heavy (non-hydrogen) atoms. The van der Waals surface area contributed by atoms with Crippen molar-refractivity contribution in [3.8, 4) is 0 Å². The Hall–Kier alpha value is -1.19. The highest BCUT2D eigenvalue weighted by molar-refractivity contribution is 5.79. The minimum atomic E-state index is -0.354. The number of hydrogen-bond donors (Lipinski definition) is 2. The molecule has 0 bridgehead atoms. The first kappa shape index (κ1) is 10.9. The van der Waals surface area contributed by atoms with E-state index >= 15 is 0 Å². The van der Waals surface area contributed by atoms with Crippen LogP contribution in [0, 0.1) is 0 Å². The molecule has 0 radical (unpaired) electrons. The number of aliphatic hydroxyl groups excluding tert-OH is 1. The molecule has 0 amide bonds. The maximum Gasteiger partial charge on any atom is 0.159 e. The molecule has 0 saturated carbocycles. The molecule has 0 atom stereocenters. The summed E-state index contributed by atoms with van der Waals surface area (Å²) < 4.78 is 0. The molecule has 0 aromatic heterocycles. The van der Waals surface area contributed by atoms with Gasteiger partial charge in [-0.3, -0.25) is 4.79 Å². The fourth-order valence-corrected chi connectivity index (χ4v) is 1.14. The zero-order valence-electron chi connectivity index (χ0n) is 8.07. The van der Waals surface area contributed by atoms with Crippen LogP contribution in [0.25, 0.3) is 0 Å². The molecule has 0 aliphatic heterocycles. The molecule has 1 aromatic rings. The summed E-state index contributed by atoms with van der Waals surface area (Å²) in [6.45, 7) is 1.03. The molecule has 0 saturated heterocycles. The zero-order valence-corrected chi connectivity index (χ0v) is 8.07. The zero-order chi connectivity index (χ0) is 10.2. The Balaban J connectivity index is 2.13. The number of carbonyl (C=O) groups excluding carboxylic acids is 1. The van der Waals surface area contributed by atoms with E-state index in [9.17, 15) is 4.79 Å². The first-order chi connectivity index (χ1) is 6.83. The third kappa shape index (κ3) is 4.16. The summed E-state index contributed by atoms with van der Waals surface area (Å²) in [6, 6.07) is 9.99. The molecule has 3 heteroatoms. The van der Waals surface area contributed by atoms with Crippen molar-refractivity contribution in [1.82, 2.24) is 5.32 Å². The van der Waals surface area contributed by atoms with E-state index in [1.807, 2.05) is 30.3 Å². The highest BCUT2D eigenvalue weighted by Crippen LogP contribution is 1.96. The van der Waals surface area contributed by atoms with Crippen molar-refractivity contribution in [2.75, 3.05) is 13.2 Å². The second-order valence-corrected chi connectivity index (χ2v) is 3.11.